The summed E-state index contributed by atoms with van der Waals surface area (Å²) in [5, 5.41) is 0.286. The van der Waals surface area contributed by atoms with Crippen LogP contribution in [0.2, 0.25) is 5.02 Å². The first-order valence-corrected chi connectivity index (χ1v) is 10.1. The third-order valence-corrected chi connectivity index (χ3v) is 5.20. The second-order valence-corrected chi connectivity index (χ2v) is 8.59. The van der Waals surface area contributed by atoms with E-state index in [1.54, 1.807) is 36.6 Å². The van der Waals surface area contributed by atoms with Gasteiger partial charge in [-0.15, -0.1) is 0 Å². The molecule has 0 saturated carbocycles. The van der Waals surface area contributed by atoms with E-state index in [0.717, 1.165) is 5.56 Å². The Bertz CT molecular complexity index is 998. The zero-order chi connectivity index (χ0) is 21.7. The normalized spacial score (nSPS) is 11.8. The van der Waals surface area contributed by atoms with Crippen molar-refractivity contribution in [1.29, 1.82) is 0 Å². The van der Waals surface area contributed by atoms with E-state index >= 15 is 0 Å². The van der Waals surface area contributed by atoms with Crippen molar-refractivity contribution in [3.63, 3.8) is 0 Å². The van der Waals surface area contributed by atoms with E-state index in [2.05, 4.69) is 32.9 Å². The van der Waals surface area contributed by atoms with Crippen molar-refractivity contribution >= 4 is 23.6 Å². The van der Waals surface area contributed by atoms with E-state index in [0.29, 0.717) is 5.76 Å². The van der Waals surface area contributed by atoms with Crippen LogP contribution in [0.5, 0.6) is 0 Å². The minimum atomic E-state index is -0.443. The molecule has 1 heterocycles. The van der Waals surface area contributed by atoms with E-state index in [1.165, 1.54) is 22.6 Å². The fourth-order valence-electron chi connectivity index (χ4n) is 3.04. The zero-order valence-electron chi connectivity index (χ0n) is 17.4. The number of amides is 1. The number of carbonyl (C=O) groups is 1. The Morgan fingerprint density at radius 2 is 1.80 bits per heavy atom. The maximum absolute atomic E-state index is 14.3. The summed E-state index contributed by atoms with van der Waals surface area (Å²) >= 11 is 6.17. The van der Waals surface area contributed by atoms with Crippen molar-refractivity contribution in [2.24, 2.45) is 0 Å². The fourth-order valence-corrected chi connectivity index (χ4v) is 3.27. The molecule has 0 fully saturated rings. The quantitative estimate of drug-likeness (QED) is 0.416. The highest BCUT2D eigenvalue weighted by Gasteiger charge is 2.18. The summed E-state index contributed by atoms with van der Waals surface area (Å²) in [6.45, 7) is 6.72. The lowest BCUT2D eigenvalue weighted by Gasteiger charge is -2.21. The highest BCUT2D eigenvalue weighted by atomic mass is 35.5. The van der Waals surface area contributed by atoms with Crippen LogP contribution in [0, 0.1) is 5.82 Å². The molecule has 0 spiro atoms. The highest BCUT2D eigenvalue weighted by molar-refractivity contribution is 6.31. The number of furan rings is 1. The molecule has 0 aliphatic rings. The van der Waals surface area contributed by atoms with Crippen molar-refractivity contribution in [2.75, 3.05) is 0 Å². The summed E-state index contributed by atoms with van der Waals surface area (Å²) in [5.41, 5.74) is 2.48. The van der Waals surface area contributed by atoms with Gasteiger partial charge in [-0.2, -0.15) is 0 Å². The van der Waals surface area contributed by atoms with Crippen LogP contribution < -0.4 is 0 Å². The molecule has 0 aliphatic carbocycles. The van der Waals surface area contributed by atoms with Crippen molar-refractivity contribution in [3.05, 3.63) is 100 Å². The Labute approximate surface area is 181 Å². The van der Waals surface area contributed by atoms with E-state index in [1.807, 2.05) is 12.1 Å². The molecule has 0 atom stereocenters. The maximum atomic E-state index is 14.3. The first-order chi connectivity index (χ1) is 14.2. The summed E-state index contributed by atoms with van der Waals surface area (Å²) in [6.07, 6.45) is 4.79. The molecule has 3 rings (SSSR count). The number of hydrogen-bond acceptors (Lipinski definition) is 2. The maximum Gasteiger partial charge on any atom is 0.247 e. The molecular formula is C25H25ClFNO2. The monoisotopic (exact) mass is 425 g/mol. The van der Waals surface area contributed by atoms with Gasteiger partial charge in [-0.25, -0.2) is 4.39 Å². The Morgan fingerprint density at radius 3 is 2.40 bits per heavy atom. The minimum absolute atomic E-state index is 0.0400. The minimum Gasteiger partial charge on any atom is -0.467 e. The van der Waals surface area contributed by atoms with Gasteiger partial charge in [-0.3, -0.25) is 4.79 Å². The van der Waals surface area contributed by atoms with Gasteiger partial charge in [0.1, 0.15) is 11.6 Å². The first-order valence-electron chi connectivity index (χ1n) is 9.77. The number of benzene rings is 2. The second-order valence-electron chi connectivity index (χ2n) is 8.18. The number of carbonyl (C=O) groups excluding carboxylic acids is 1. The van der Waals surface area contributed by atoms with Crippen LogP contribution in [0.25, 0.3) is 6.08 Å². The third kappa shape index (κ3) is 5.61. The van der Waals surface area contributed by atoms with Crippen LogP contribution in [0.15, 0.2) is 71.4 Å². The lowest BCUT2D eigenvalue weighted by molar-refractivity contribution is -0.127. The average Bonchev–Trinajstić information content (AvgIpc) is 3.21. The Kier molecular flexibility index (Phi) is 6.78. The number of rotatable bonds is 6. The molecule has 0 N–H and O–H groups in total. The molecule has 0 unspecified atom stereocenters. The van der Waals surface area contributed by atoms with Crippen molar-refractivity contribution in [1.82, 2.24) is 4.90 Å². The average molecular weight is 426 g/mol. The van der Waals surface area contributed by atoms with Gasteiger partial charge in [0.2, 0.25) is 5.91 Å². The third-order valence-electron chi connectivity index (χ3n) is 4.84. The first kappa shape index (κ1) is 21.8. The Balaban J connectivity index is 1.80. The molecular weight excluding hydrogens is 401 g/mol. The molecule has 3 aromatic rings. The summed E-state index contributed by atoms with van der Waals surface area (Å²) in [5.74, 6) is -0.0918. The number of hydrogen-bond donors (Lipinski definition) is 0. The van der Waals surface area contributed by atoms with E-state index in [9.17, 15) is 9.18 Å². The molecule has 1 aromatic heterocycles. The van der Waals surface area contributed by atoms with Crippen LogP contribution in [0.4, 0.5) is 4.39 Å². The summed E-state index contributed by atoms with van der Waals surface area (Å²) in [6, 6.07) is 16.1. The molecule has 0 aliphatic heterocycles. The van der Waals surface area contributed by atoms with Crippen molar-refractivity contribution in [3.8, 4) is 0 Å². The second kappa shape index (κ2) is 9.31. The van der Waals surface area contributed by atoms with Gasteiger partial charge in [-0.05, 0) is 46.9 Å². The number of halogens is 2. The Hall–Kier alpha value is -2.85. The van der Waals surface area contributed by atoms with Crippen LogP contribution in [0.3, 0.4) is 0 Å². The lowest BCUT2D eigenvalue weighted by atomic mass is 9.87. The molecule has 0 saturated heterocycles. The van der Waals surface area contributed by atoms with E-state index < -0.39 is 5.82 Å². The molecule has 0 radical (unpaired) electrons. The SMILES string of the molecule is CC(C)(C)c1ccc(/C=C/C(=O)N(Cc2ccco2)Cc2c(F)cccc2Cl)cc1. The molecule has 3 nitrogen and oxygen atoms in total. The van der Waals surface area contributed by atoms with Crippen LogP contribution in [0.1, 0.15) is 43.2 Å². The largest absolute Gasteiger partial charge is 0.467 e. The molecule has 2 aromatic carbocycles. The van der Waals surface area contributed by atoms with Gasteiger partial charge < -0.3 is 9.32 Å². The summed E-state index contributed by atoms with van der Waals surface area (Å²) in [7, 11) is 0. The molecule has 156 valence electrons. The molecule has 5 heteroatoms. The zero-order valence-corrected chi connectivity index (χ0v) is 18.1. The number of nitrogens with zero attached hydrogens (tertiary/aromatic N) is 1. The van der Waals surface area contributed by atoms with Crippen LogP contribution >= 0.6 is 11.6 Å². The predicted molar refractivity (Wildman–Crippen MR) is 119 cm³/mol. The summed E-state index contributed by atoms with van der Waals surface area (Å²) < 4.78 is 19.6. The fraction of sp³-hybridized carbons (Fsp3) is 0.240. The topological polar surface area (TPSA) is 33.5 Å². The van der Waals surface area contributed by atoms with Gasteiger partial charge in [0.15, 0.2) is 0 Å². The van der Waals surface area contributed by atoms with Crippen LogP contribution in [-0.2, 0) is 23.3 Å². The van der Waals surface area contributed by atoms with E-state index in [4.69, 9.17) is 16.0 Å². The molecule has 1 amide bonds. The van der Waals surface area contributed by atoms with Crippen molar-refractivity contribution in [2.45, 2.75) is 39.3 Å². The highest BCUT2D eigenvalue weighted by Crippen LogP contribution is 2.24. The summed E-state index contributed by atoms with van der Waals surface area (Å²) in [4.78, 5) is 14.4. The van der Waals surface area contributed by atoms with Gasteiger partial charge in [0, 0.05) is 16.7 Å². The van der Waals surface area contributed by atoms with Crippen molar-refractivity contribution < 1.29 is 13.6 Å². The smallest absolute Gasteiger partial charge is 0.247 e. The van der Waals surface area contributed by atoms with Gasteiger partial charge >= 0.3 is 0 Å². The Morgan fingerprint density at radius 1 is 1.07 bits per heavy atom. The van der Waals surface area contributed by atoms with Gasteiger partial charge in [-0.1, -0.05) is 62.7 Å². The standard InChI is InChI=1S/C25H25ClFNO2/c1-25(2,3)19-12-9-18(10-13-19)11-14-24(29)28(16-20-6-5-15-30-20)17-21-22(26)7-4-8-23(21)27/h4-15H,16-17H2,1-3H3/b14-11+. The van der Waals surface area contributed by atoms with Crippen LogP contribution in [-0.4, -0.2) is 10.8 Å². The molecule has 0 bridgehead atoms. The van der Waals surface area contributed by atoms with E-state index in [-0.39, 0.29) is 35.0 Å². The van der Waals surface area contributed by atoms with Gasteiger partial charge in [0.25, 0.3) is 0 Å². The lowest BCUT2D eigenvalue weighted by Crippen LogP contribution is -2.29. The predicted octanol–water partition coefficient (Wildman–Crippen LogP) is 6.61. The molecule has 30 heavy (non-hydrogen) atoms. The van der Waals surface area contributed by atoms with Gasteiger partial charge in [0.05, 0.1) is 19.4 Å².